The van der Waals surface area contributed by atoms with Gasteiger partial charge in [-0.05, 0) is 22.5 Å². The molecule has 1 aromatic heterocycles. The Labute approximate surface area is 109 Å². The van der Waals surface area contributed by atoms with Crippen molar-refractivity contribution in [3.05, 3.63) is 29.5 Å². The van der Waals surface area contributed by atoms with Crippen LogP contribution in [0.1, 0.15) is 52.7 Å². The van der Waals surface area contributed by atoms with Crippen molar-refractivity contribution in [2.45, 2.75) is 52.4 Å². The van der Waals surface area contributed by atoms with Gasteiger partial charge >= 0.3 is 0 Å². The molecule has 98 valence electrons. The Bertz CT molecular complexity index is 577. The van der Waals surface area contributed by atoms with Crippen LogP contribution in [0.4, 0.5) is 0 Å². The molecule has 0 fully saturated rings. The summed E-state index contributed by atoms with van der Waals surface area (Å²) in [6.07, 6.45) is 1.42. The number of benzene rings is 1. The molecule has 2 rings (SSSR count). The first-order valence-corrected chi connectivity index (χ1v) is 6.36. The van der Waals surface area contributed by atoms with Gasteiger partial charge in [-0.25, -0.2) is 0 Å². The summed E-state index contributed by atoms with van der Waals surface area (Å²) in [6, 6.07) is 4.23. The van der Waals surface area contributed by atoms with Crippen molar-refractivity contribution < 1.29 is 9.52 Å². The van der Waals surface area contributed by atoms with Crippen LogP contribution in [0.5, 0.6) is 5.75 Å². The second-order valence-corrected chi connectivity index (χ2v) is 7.02. The fourth-order valence-electron chi connectivity index (χ4n) is 2.11. The van der Waals surface area contributed by atoms with Crippen molar-refractivity contribution in [2.24, 2.45) is 0 Å². The quantitative estimate of drug-likeness (QED) is 0.728. The topological polar surface area (TPSA) is 33.4 Å². The van der Waals surface area contributed by atoms with Crippen LogP contribution in [0.2, 0.25) is 0 Å². The lowest BCUT2D eigenvalue weighted by atomic mass is 9.80. The Morgan fingerprint density at radius 3 is 2.06 bits per heavy atom. The Morgan fingerprint density at radius 1 is 0.944 bits per heavy atom. The van der Waals surface area contributed by atoms with E-state index in [1.54, 1.807) is 0 Å². The van der Waals surface area contributed by atoms with Crippen LogP contribution < -0.4 is 0 Å². The van der Waals surface area contributed by atoms with Gasteiger partial charge in [-0.15, -0.1) is 0 Å². The molecule has 0 bridgehead atoms. The summed E-state index contributed by atoms with van der Waals surface area (Å²) in [5.41, 5.74) is 3.21. The molecule has 2 nitrogen and oxygen atoms in total. The van der Waals surface area contributed by atoms with Gasteiger partial charge in [-0.1, -0.05) is 47.6 Å². The number of fused-ring (bicyclic) bond motifs is 1. The number of aromatic hydroxyl groups is 1. The van der Waals surface area contributed by atoms with E-state index in [9.17, 15) is 5.11 Å². The maximum absolute atomic E-state index is 9.90. The van der Waals surface area contributed by atoms with Crippen LogP contribution in [-0.4, -0.2) is 5.11 Å². The van der Waals surface area contributed by atoms with Crippen molar-refractivity contribution in [1.29, 1.82) is 0 Å². The number of hydrogen-bond acceptors (Lipinski definition) is 2. The highest BCUT2D eigenvalue weighted by Gasteiger charge is 2.24. The van der Waals surface area contributed by atoms with E-state index in [4.69, 9.17) is 4.42 Å². The average Bonchev–Trinajstić information content (AvgIpc) is 2.56. The summed E-state index contributed by atoms with van der Waals surface area (Å²) in [5.74, 6) is 0.224. The first-order valence-electron chi connectivity index (χ1n) is 6.36. The summed E-state index contributed by atoms with van der Waals surface area (Å²) in [4.78, 5) is 0. The zero-order chi connectivity index (χ0) is 13.7. The molecule has 0 aliphatic rings. The Kier molecular flexibility index (Phi) is 2.73. The van der Waals surface area contributed by atoms with Crippen molar-refractivity contribution >= 4 is 11.0 Å². The molecular weight excluding hydrogens is 224 g/mol. The molecule has 0 unspecified atom stereocenters. The van der Waals surface area contributed by atoms with E-state index in [0.29, 0.717) is 0 Å². The molecule has 1 heterocycles. The van der Waals surface area contributed by atoms with E-state index >= 15 is 0 Å². The van der Waals surface area contributed by atoms with Gasteiger partial charge in [0.2, 0.25) is 0 Å². The third kappa shape index (κ3) is 2.12. The van der Waals surface area contributed by atoms with Gasteiger partial charge in [0, 0.05) is 5.56 Å². The third-order valence-corrected chi connectivity index (χ3v) is 3.33. The average molecular weight is 246 g/mol. The summed E-state index contributed by atoms with van der Waals surface area (Å²) in [5, 5.41) is 10.7. The third-order valence-electron chi connectivity index (χ3n) is 3.33. The lowest BCUT2D eigenvalue weighted by Gasteiger charge is -2.25. The van der Waals surface area contributed by atoms with Crippen molar-refractivity contribution in [1.82, 2.24) is 0 Å². The first-order chi connectivity index (χ1) is 8.10. The number of rotatable bonds is 0. The van der Waals surface area contributed by atoms with Gasteiger partial charge in [0.05, 0.1) is 5.39 Å². The maximum Gasteiger partial charge on any atom is 0.161 e. The van der Waals surface area contributed by atoms with E-state index in [-0.39, 0.29) is 16.6 Å². The van der Waals surface area contributed by atoms with E-state index in [2.05, 4.69) is 47.6 Å². The molecule has 18 heavy (non-hydrogen) atoms. The summed E-state index contributed by atoms with van der Waals surface area (Å²) in [7, 11) is 0. The highest BCUT2D eigenvalue weighted by atomic mass is 16.4. The molecule has 2 heteroatoms. The Hall–Kier alpha value is -1.44. The molecule has 0 amide bonds. The molecule has 0 radical (unpaired) electrons. The molecule has 1 N–H and O–H groups in total. The SMILES string of the molecule is CC(C)(C)c1cc(C(C)(C)C)c2occ(O)c2c1. The monoisotopic (exact) mass is 246 g/mol. The van der Waals surface area contributed by atoms with Gasteiger partial charge in [0.15, 0.2) is 5.75 Å². The zero-order valence-corrected chi connectivity index (χ0v) is 12.1. The van der Waals surface area contributed by atoms with Crippen molar-refractivity contribution in [2.75, 3.05) is 0 Å². The van der Waals surface area contributed by atoms with Gasteiger partial charge in [-0.3, -0.25) is 0 Å². The fourth-order valence-corrected chi connectivity index (χ4v) is 2.11. The van der Waals surface area contributed by atoms with Gasteiger partial charge < -0.3 is 9.52 Å². The predicted octanol–water partition coefficient (Wildman–Crippen LogP) is 4.73. The lowest BCUT2D eigenvalue weighted by Crippen LogP contribution is -2.16. The molecule has 0 spiro atoms. The first kappa shape index (κ1) is 13.0. The van der Waals surface area contributed by atoms with Crippen molar-refractivity contribution in [3.8, 4) is 5.75 Å². The maximum atomic E-state index is 9.90. The number of hydrogen-bond donors (Lipinski definition) is 1. The minimum Gasteiger partial charge on any atom is -0.504 e. The normalized spacial score (nSPS) is 13.2. The van der Waals surface area contributed by atoms with Crippen LogP contribution in [-0.2, 0) is 10.8 Å². The van der Waals surface area contributed by atoms with Crippen LogP contribution >= 0.6 is 0 Å². The van der Waals surface area contributed by atoms with E-state index in [1.807, 2.05) is 6.07 Å². The van der Waals surface area contributed by atoms with E-state index < -0.39 is 0 Å². The highest BCUT2D eigenvalue weighted by Crippen LogP contribution is 2.39. The van der Waals surface area contributed by atoms with E-state index in [0.717, 1.165) is 16.5 Å². The Balaban J connectivity index is 2.83. The van der Waals surface area contributed by atoms with Crippen molar-refractivity contribution in [3.63, 3.8) is 0 Å². The highest BCUT2D eigenvalue weighted by molar-refractivity contribution is 5.88. The molecular formula is C16H22O2. The van der Waals surface area contributed by atoms with Gasteiger partial charge in [-0.2, -0.15) is 0 Å². The standard InChI is InChI=1S/C16H22O2/c1-15(2,3)10-7-11-13(17)9-18-14(11)12(8-10)16(4,5)6/h7-9,17H,1-6H3. The second kappa shape index (κ2) is 3.78. The smallest absolute Gasteiger partial charge is 0.161 e. The molecule has 0 saturated heterocycles. The van der Waals surface area contributed by atoms with Gasteiger partial charge in [0.1, 0.15) is 11.8 Å². The number of furan rings is 1. The minimum atomic E-state index is -0.0101. The summed E-state index contributed by atoms with van der Waals surface area (Å²) < 4.78 is 5.52. The summed E-state index contributed by atoms with van der Waals surface area (Å²) in [6.45, 7) is 13.0. The lowest BCUT2D eigenvalue weighted by molar-refractivity contribution is 0.463. The minimum absolute atomic E-state index is 0.0101. The fraction of sp³-hybridized carbons (Fsp3) is 0.500. The molecule has 0 aliphatic heterocycles. The molecule has 0 saturated carbocycles. The van der Waals surface area contributed by atoms with Crippen LogP contribution in [0.3, 0.4) is 0 Å². The molecule has 0 aliphatic carbocycles. The zero-order valence-electron chi connectivity index (χ0n) is 12.1. The second-order valence-electron chi connectivity index (χ2n) is 7.02. The predicted molar refractivity (Wildman–Crippen MR) is 75.3 cm³/mol. The molecule has 2 aromatic rings. The molecule has 0 atom stereocenters. The van der Waals surface area contributed by atoms with E-state index in [1.165, 1.54) is 11.8 Å². The van der Waals surface area contributed by atoms with Crippen LogP contribution in [0, 0.1) is 0 Å². The van der Waals surface area contributed by atoms with Crippen LogP contribution in [0.25, 0.3) is 11.0 Å². The largest absolute Gasteiger partial charge is 0.504 e. The van der Waals surface area contributed by atoms with Crippen LogP contribution in [0.15, 0.2) is 22.8 Å². The molecule has 1 aromatic carbocycles. The van der Waals surface area contributed by atoms with Gasteiger partial charge in [0.25, 0.3) is 0 Å². The Morgan fingerprint density at radius 2 is 1.56 bits per heavy atom. The summed E-state index contributed by atoms with van der Waals surface area (Å²) >= 11 is 0.